The van der Waals surface area contributed by atoms with Gasteiger partial charge in [-0.3, -0.25) is 9.59 Å². The lowest BCUT2D eigenvalue weighted by Crippen LogP contribution is -2.32. The quantitative estimate of drug-likeness (QED) is 0.756. The van der Waals surface area contributed by atoms with Gasteiger partial charge in [0.1, 0.15) is 0 Å². The molecule has 1 aliphatic rings. The minimum Gasteiger partial charge on any atom is -0.325 e. The van der Waals surface area contributed by atoms with Crippen LogP contribution in [0.5, 0.6) is 0 Å². The molecule has 0 unspecified atom stereocenters. The van der Waals surface area contributed by atoms with Crippen LogP contribution in [-0.4, -0.2) is 22.8 Å². The van der Waals surface area contributed by atoms with E-state index >= 15 is 0 Å². The van der Waals surface area contributed by atoms with Gasteiger partial charge in [-0.2, -0.15) is 13.2 Å². The molecule has 0 bridgehead atoms. The average Bonchev–Trinajstić information content (AvgIpc) is 2.69. The maximum absolute atomic E-state index is 12.9. The summed E-state index contributed by atoms with van der Waals surface area (Å²) >= 11 is 2.87. The van der Waals surface area contributed by atoms with Gasteiger partial charge in [-0.05, 0) is 18.2 Å². The number of amides is 2. The van der Waals surface area contributed by atoms with Gasteiger partial charge in [0, 0.05) is 17.3 Å². The minimum atomic E-state index is -4.78. The summed E-state index contributed by atoms with van der Waals surface area (Å²) < 4.78 is 38.8. The van der Waals surface area contributed by atoms with E-state index in [2.05, 4.69) is 20.8 Å². The highest BCUT2D eigenvalue weighted by Crippen LogP contribution is 2.34. The Bertz CT molecular complexity index is 613. The number of nitrogens with zero attached hydrogens (tertiary/aromatic N) is 1. The highest BCUT2D eigenvalue weighted by molar-refractivity contribution is 9.10. The Labute approximate surface area is 124 Å². The number of carbonyl (C=O) groups is 3. The second-order valence-corrected chi connectivity index (χ2v) is 5.06. The predicted octanol–water partition coefficient (Wildman–Crippen LogP) is 2.69. The van der Waals surface area contributed by atoms with E-state index in [0.717, 1.165) is 6.07 Å². The first-order valence-electron chi connectivity index (χ1n) is 5.65. The summed E-state index contributed by atoms with van der Waals surface area (Å²) in [4.78, 5) is 38.8. The molecule has 5 nitrogen and oxygen atoms in total. The zero-order valence-electron chi connectivity index (χ0n) is 10.2. The molecule has 0 spiro atoms. The molecule has 0 aliphatic carbocycles. The highest BCUT2D eigenvalue weighted by atomic mass is 79.9. The molecule has 2 amide bonds. The molecule has 0 radical (unpaired) electrons. The fraction of sp³-hybridized carbons (Fsp3) is 0.250. The zero-order chi connectivity index (χ0) is 15.8. The summed E-state index contributed by atoms with van der Waals surface area (Å²) in [6, 6.07) is 2.84. The molecule has 9 heteroatoms. The lowest BCUT2D eigenvalue weighted by Gasteiger charge is -2.15. The standard InChI is InChI=1S/C12H7BrF3NO4/c13-6-1-2-7(8(5-6)12(14,15)16)11(20)21-17-9(18)3-4-10(17)19/h1-2,5H,3-4H2. The van der Waals surface area contributed by atoms with Crippen LogP contribution < -0.4 is 0 Å². The predicted molar refractivity (Wildman–Crippen MR) is 65.6 cm³/mol. The Morgan fingerprint density at radius 1 is 1.19 bits per heavy atom. The molecule has 21 heavy (non-hydrogen) atoms. The van der Waals surface area contributed by atoms with Gasteiger partial charge in [-0.15, -0.1) is 5.06 Å². The molecule has 1 aromatic rings. The number of alkyl halides is 3. The van der Waals surface area contributed by atoms with Gasteiger partial charge >= 0.3 is 12.1 Å². The van der Waals surface area contributed by atoms with Crippen molar-refractivity contribution in [1.29, 1.82) is 0 Å². The summed E-state index contributed by atoms with van der Waals surface area (Å²) in [7, 11) is 0. The van der Waals surface area contributed by atoms with Crippen LogP contribution in [0.1, 0.15) is 28.8 Å². The molecule has 1 heterocycles. The molecule has 112 valence electrons. The number of hydrogen-bond acceptors (Lipinski definition) is 4. The van der Waals surface area contributed by atoms with Crippen molar-refractivity contribution >= 4 is 33.7 Å². The Kier molecular flexibility index (Phi) is 4.04. The van der Waals surface area contributed by atoms with Crippen LogP contribution in [0.3, 0.4) is 0 Å². The highest BCUT2D eigenvalue weighted by Gasteiger charge is 2.38. The lowest BCUT2D eigenvalue weighted by molar-refractivity contribution is -0.172. The topological polar surface area (TPSA) is 63.7 Å². The fourth-order valence-electron chi connectivity index (χ4n) is 1.72. The van der Waals surface area contributed by atoms with E-state index in [0.29, 0.717) is 6.07 Å². The largest absolute Gasteiger partial charge is 0.417 e. The third-order valence-corrected chi connectivity index (χ3v) is 3.18. The molecule has 0 N–H and O–H groups in total. The van der Waals surface area contributed by atoms with Gasteiger partial charge in [-0.1, -0.05) is 15.9 Å². The Hall–Kier alpha value is -1.90. The summed E-state index contributed by atoms with van der Waals surface area (Å²) in [6.07, 6.45) is -5.06. The average molecular weight is 366 g/mol. The van der Waals surface area contributed by atoms with Crippen molar-refractivity contribution in [2.45, 2.75) is 19.0 Å². The van der Waals surface area contributed by atoms with Crippen molar-refractivity contribution in [3.8, 4) is 0 Å². The van der Waals surface area contributed by atoms with E-state index in [1.165, 1.54) is 6.07 Å². The Morgan fingerprint density at radius 3 is 2.29 bits per heavy atom. The number of benzene rings is 1. The molecule has 0 atom stereocenters. The normalized spacial score (nSPS) is 15.5. The second kappa shape index (κ2) is 5.47. The third kappa shape index (κ3) is 3.23. The van der Waals surface area contributed by atoms with E-state index in [1.54, 1.807) is 0 Å². The number of imide groups is 1. The first-order valence-corrected chi connectivity index (χ1v) is 6.44. The maximum Gasteiger partial charge on any atom is 0.417 e. The van der Waals surface area contributed by atoms with E-state index < -0.39 is 35.1 Å². The minimum absolute atomic E-state index is 0.125. The molecular weight excluding hydrogens is 359 g/mol. The molecule has 1 aromatic carbocycles. The number of halogens is 4. The number of hydrogen-bond donors (Lipinski definition) is 0. The van der Waals surface area contributed by atoms with E-state index in [1.807, 2.05) is 0 Å². The van der Waals surface area contributed by atoms with Crippen molar-refractivity contribution in [2.24, 2.45) is 0 Å². The van der Waals surface area contributed by atoms with Crippen molar-refractivity contribution in [3.63, 3.8) is 0 Å². The van der Waals surface area contributed by atoms with Crippen LogP contribution in [0.4, 0.5) is 13.2 Å². The molecular formula is C12H7BrF3NO4. The molecule has 1 fully saturated rings. The van der Waals surface area contributed by atoms with Gasteiger partial charge in [0.05, 0.1) is 11.1 Å². The summed E-state index contributed by atoms with van der Waals surface area (Å²) in [5.41, 5.74) is -2.00. The third-order valence-electron chi connectivity index (χ3n) is 2.69. The fourth-order valence-corrected chi connectivity index (χ4v) is 2.08. The monoisotopic (exact) mass is 365 g/mol. The summed E-state index contributed by atoms with van der Waals surface area (Å²) in [6.45, 7) is 0. The summed E-state index contributed by atoms with van der Waals surface area (Å²) in [5, 5.41) is 0.199. The van der Waals surface area contributed by atoms with Crippen molar-refractivity contribution in [1.82, 2.24) is 5.06 Å². The van der Waals surface area contributed by atoms with Crippen molar-refractivity contribution in [2.75, 3.05) is 0 Å². The molecule has 0 aromatic heterocycles. The molecule has 0 saturated carbocycles. The van der Waals surface area contributed by atoms with Crippen molar-refractivity contribution in [3.05, 3.63) is 33.8 Å². The maximum atomic E-state index is 12.9. The van der Waals surface area contributed by atoms with Crippen LogP contribution in [0, 0.1) is 0 Å². The van der Waals surface area contributed by atoms with Crippen LogP contribution >= 0.6 is 15.9 Å². The number of hydroxylamine groups is 2. The van der Waals surface area contributed by atoms with Gasteiger partial charge in [0.2, 0.25) is 0 Å². The Morgan fingerprint density at radius 2 is 1.76 bits per heavy atom. The van der Waals surface area contributed by atoms with E-state index in [-0.39, 0.29) is 22.4 Å². The van der Waals surface area contributed by atoms with Gasteiger partial charge in [0.25, 0.3) is 11.8 Å². The zero-order valence-corrected chi connectivity index (χ0v) is 11.8. The Balaban J connectivity index is 2.31. The lowest BCUT2D eigenvalue weighted by atomic mass is 10.1. The van der Waals surface area contributed by atoms with Gasteiger partial charge < -0.3 is 4.84 Å². The molecule has 1 saturated heterocycles. The molecule has 1 aliphatic heterocycles. The van der Waals surface area contributed by atoms with Gasteiger partial charge in [-0.25, -0.2) is 4.79 Å². The molecule has 2 rings (SSSR count). The number of rotatable bonds is 2. The van der Waals surface area contributed by atoms with E-state index in [4.69, 9.17) is 0 Å². The van der Waals surface area contributed by atoms with Gasteiger partial charge in [0.15, 0.2) is 0 Å². The smallest absolute Gasteiger partial charge is 0.325 e. The van der Waals surface area contributed by atoms with Crippen LogP contribution in [0.2, 0.25) is 0 Å². The van der Waals surface area contributed by atoms with Crippen LogP contribution in [0.15, 0.2) is 22.7 Å². The first kappa shape index (κ1) is 15.5. The number of carbonyl (C=O) groups excluding carboxylic acids is 3. The van der Waals surface area contributed by atoms with Crippen LogP contribution in [0.25, 0.3) is 0 Å². The van der Waals surface area contributed by atoms with E-state index in [9.17, 15) is 27.6 Å². The van der Waals surface area contributed by atoms with Crippen LogP contribution in [-0.2, 0) is 20.6 Å². The first-order chi connectivity index (χ1) is 9.70. The second-order valence-electron chi connectivity index (χ2n) is 4.15. The summed E-state index contributed by atoms with van der Waals surface area (Å²) in [5.74, 6) is -2.95. The van der Waals surface area contributed by atoms with Crippen molar-refractivity contribution < 1.29 is 32.4 Å². The SMILES string of the molecule is O=C(ON1C(=O)CCC1=O)c1ccc(Br)cc1C(F)(F)F.